The maximum absolute atomic E-state index is 13.0. The number of aliphatic hydroxyl groups is 1. The molecular weight excluding hydrogens is 324 g/mol. The summed E-state index contributed by atoms with van der Waals surface area (Å²) in [6, 6.07) is 9.70. The summed E-state index contributed by atoms with van der Waals surface area (Å²) in [5, 5.41) is 14.4. The van der Waals surface area contributed by atoms with Gasteiger partial charge in [-0.2, -0.15) is 0 Å². The Morgan fingerprint density at radius 1 is 1.23 bits per heavy atom. The molecule has 1 amide bonds. The van der Waals surface area contributed by atoms with Gasteiger partial charge >= 0.3 is 0 Å². The zero-order valence-electron chi connectivity index (χ0n) is 15.8. The molecule has 3 aliphatic rings. The molecule has 2 N–H and O–H groups in total. The highest BCUT2D eigenvalue weighted by molar-refractivity contribution is 5.87. The lowest BCUT2D eigenvalue weighted by Gasteiger charge is -2.28. The number of likely N-dealkylation sites (tertiary alicyclic amines) is 1. The van der Waals surface area contributed by atoms with Crippen molar-refractivity contribution in [2.24, 2.45) is 17.8 Å². The number of rotatable bonds is 7. The Morgan fingerprint density at radius 2 is 1.88 bits per heavy atom. The molecule has 2 saturated carbocycles. The number of carbonyl (C=O) groups is 1. The number of nitrogens with zero attached hydrogens (tertiary/aromatic N) is 1. The Hall–Kier alpha value is -1.65. The topological polar surface area (TPSA) is 52.6 Å². The SMILES string of the molecule is CC(C)=CCCN1CC2C(NC(=O)C(O)(c3ccccc3)C3CC3)[C@H]2C1. The Morgan fingerprint density at radius 3 is 2.46 bits per heavy atom. The predicted molar refractivity (Wildman–Crippen MR) is 102 cm³/mol. The summed E-state index contributed by atoms with van der Waals surface area (Å²) < 4.78 is 0. The average molecular weight is 354 g/mol. The van der Waals surface area contributed by atoms with Crippen LogP contribution in [-0.2, 0) is 10.4 Å². The van der Waals surface area contributed by atoms with Crippen molar-refractivity contribution in [2.75, 3.05) is 19.6 Å². The Balaban J connectivity index is 1.33. The van der Waals surface area contributed by atoms with Gasteiger partial charge in [0.1, 0.15) is 0 Å². The minimum absolute atomic E-state index is 0.0593. The number of hydrogen-bond acceptors (Lipinski definition) is 3. The molecule has 3 fully saturated rings. The van der Waals surface area contributed by atoms with E-state index >= 15 is 0 Å². The van der Waals surface area contributed by atoms with E-state index in [0.717, 1.165) is 44.5 Å². The number of fused-ring (bicyclic) bond motifs is 1. The van der Waals surface area contributed by atoms with Gasteiger partial charge in [-0.15, -0.1) is 0 Å². The van der Waals surface area contributed by atoms with Gasteiger partial charge in [0.25, 0.3) is 5.91 Å². The number of allylic oxidation sites excluding steroid dienone is 1. The van der Waals surface area contributed by atoms with E-state index in [-0.39, 0.29) is 17.9 Å². The van der Waals surface area contributed by atoms with Gasteiger partial charge in [0.05, 0.1) is 0 Å². The van der Waals surface area contributed by atoms with Crippen molar-refractivity contribution in [3.63, 3.8) is 0 Å². The van der Waals surface area contributed by atoms with Gasteiger partial charge in [-0.25, -0.2) is 0 Å². The zero-order chi connectivity index (χ0) is 18.3. The van der Waals surface area contributed by atoms with Gasteiger partial charge in [-0.3, -0.25) is 4.79 Å². The number of benzene rings is 1. The standard InChI is InChI=1S/C22H30N2O2/c1-15(2)7-6-12-24-13-18-19(14-24)20(18)23-21(25)22(26,17-10-11-17)16-8-4-3-5-9-16/h3-5,7-9,17-20,26H,6,10-14H2,1-2H3,(H,23,25)/t18-,19?,20?,22?/m0/s1. The molecule has 4 atom stereocenters. The summed E-state index contributed by atoms with van der Waals surface area (Å²) in [6.45, 7) is 7.52. The number of piperidine rings is 1. The molecule has 0 spiro atoms. The van der Waals surface area contributed by atoms with E-state index in [1.165, 1.54) is 5.57 Å². The second-order valence-corrected chi connectivity index (χ2v) is 8.56. The van der Waals surface area contributed by atoms with Crippen molar-refractivity contribution in [3.8, 4) is 0 Å². The summed E-state index contributed by atoms with van der Waals surface area (Å²) in [6.07, 6.45) is 5.25. The molecular formula is C22H30N2O2. The van der Waals surface area contributed by atoms with Gasteiger partial charge < -0.3 is 15.3 Å². The highest BCUT2D eigenvalue weighted by atomic mass is 16.3. The second-order valence-electron chi connectivity index (χ2n) is 8.56. The first kappa shape index (κ1) is 17.7. The van der Waals surface area contributed by atoms with Gasteiger partial charge in [0.2, 0.25) is 0 Å². The van der Waals surface area contributed by atoms with Gasteiger partial charge in [0.15, 0.2) is 5.60 Å². The van der Waals surface area contributed by atoms with Crippen molar-refractivity contribution in [3.05, 3.63) is 47.5 Å². The van der Waals surface area contributed by atoms with Crippen molar-refractivity contribution < 1.29 is 9.90 Å². The van der Waals surface area contributed by atoms with Crippen LogP contribution in [0, 0.1) is 17.8 Å². The predicted octanol–water partition coefficient (Wildman–Crippen LogP) is 2.69. The van der Waals surface area contributed by atoms with E-state index in [1.54, 1.807) is 0 Å². The number of amides is 1. The Kier molecular flexibility index (Phi) is 4.66. The highest BCUT2D eigenvalue weighted by Gasteiger charge is 2.59. The fourth-order valence-corrected chi connectivity index (χ4v) is 4.55. The smallest absolute Gasteiger partial charge is 0.257 e. The summed E-state index contributed by atoms with van der Waals surface area (Å²) in [4.78, 5) is 15.5. The van der Waals surface area contributed by atoms with Gasteiger partial charge in [0, 0.05) is 31.6 Å². The lowest BCUT2D eigenvalue weighted by Crippen LogP contribution is -2.48. The van der Waals surface area contributed by atoms with E-state index in [0.29, 0.717) is 11.8 Å². The maximum atomic E-state index is 13.0. The average Bonchev–Trinajstić information content (AvgIpc) is 3.54. The zero-order valence-corrected chi connectivity index (χ0v) is 15.8. The molecule has 0 bridgehead atoms. The van der Waals surface area contributed by atoms with Crippen molar-refractivity contribution in [1.82, 2.24) is 10.2 Å². The van der Waals surface area contributed by atoms with Crippen LogP contribution in [0.4, 0.5) is 0 Å². The molecule has 4 heteroatoms. The Labute approximate surface area is 156 Å². The quantitative estimate of drug-likeness (QED) is 0.740. The first-order valence-corrected chi connectivity index (χ1v) is 9.94. The van der Waals surface area contributed by atoms with Gasteiger partial charge in [-0.1, -0.05) is 42.0 Å². The monoisotopic (exact) mass is 354 g/mol. The number of nitrogens with one attached hydrogen (secondary N) is 1. The van der Waals surface area contributed by atoms with Crippen LogP contribution in [0.15, 0.2) is 42.0 Å². The summed E-state index contributed by atoms with van der Waals surface area (Å²) >= 11 is 0. The molecule has 0 radical (unpaired) electrons. The van der Waals surface area contributed by atoms with Crippen LogP contribution in [0.3, 0.4) is 0 Å². The van der Waals surface area contributed by atoms with Crippen LogP contribution >= 0.6 is 0 Å². The van der Waals surface area contributed by atoms with Gasteiger partial charge in [-0.05, 0) is 50.5 Å². The summed E-state index contributed by atoms with van der Waals surface area (Å²) in [5.41, 5.74) is 0.746. The molecule has 1 heterocycles. The molecule has 1 saturated heterocycles. The molecule has 1 aliphatic heterocycles. The van der Waals surface area contributed by atoms with E-state index in [9.17, 15) is 9.90 Å². The highest BCUT2D eigenvalue weighted by Crippen LogP contribution is 2.49. The molecule has 3 unspecified atom stereocenters. The number of carbonyl (C=O) groups excluding carboxylic acids is 1. The normalized spacial score (nSPS) is 29.6. The molecule has 0 aromatic heterocycles. The largest absolute Gasteiger partial charge is 0.375 e. The summed E-state index contributed by atoms with van der Waals surface area (Å²) in [5.74, 6) is 0.987. The first-order valence-electron chi connectivity index (χ1n) is 9.94. The molecule has 4 nitrogen and oxygen atoms in total. The number of hydrogen-bond donors (Lipinski definition) is 2. The van der Waals surface area contributed by atoms with Crippen LogP contribution in [0.25, 0.3) is 0 Å². The fourth-order valence-electron chi connectivity index (χ4n) is 4.55. The third-order valence-corrected chi connectivity index (χ3v) is 6.29. The van der Waals surface area contributed by atoms with E-state index in [1.807, 2.05) is 30.3 Å². The molecule has 1 aromatic rings. The van der Waals surface area contributed by atoms with Crippen molar-refractivity contribution in [2.45, 2.75) is 44.8 Å². The van der Waals surface area contributed by atoms with E-state index in [4.69, 9.17) is 0 Å². The molecule has 26 heavy (non-hydrogen) atoms. The minimum Gasteiger partial charge on any atom is -0.375 e. The lowest BCUT2D eigenvalue weighted by molar-refractivity contribution is -0.143. The van der Waals surface area contributed by atoms with Crippen molar-refractivity contribution in [1.29, 1.82) is 0 Å². The molecule has 1 aromatic carbocycles. The third kappa shape index (κ3) is 3.33. The first-order chi connectivity index (χ1) is 12.5. The van der Waals surface area contributed by atoms with E-state index < -0.39 is 5.60 Å². The Bertz CT molecular complexity index is 681. The van der Waals surface area contributed by atoms with E-state index in [2.05, 4.69) is 30.1 Å². The fraction of sp³-hybridized carbons (Fsp3) is 0.591. The second kappa shape index (κ2) is 6.82. The van der Waals surface area contributed by atoms with Crippen LogP contribution < -0.4 is 5.32 Å². The minimum atomic E-state index is -1.36. The van der Waals surface area contributed by atoms with Crippen LogP contribution in [-0.4, -0.2) is 41.6 Å². The van der Waals surface area contributed by atoms with Crippen molar-refractivity contribution >= 4 is 5.91 Å². The molecule has 140 valence electrons. The maximum Gasteiger partial charge on any atom is 0.257 e. The third-order valence-electron chi connectivity index (χ3n) is 6.29. The molecule has 4 rings (SSSR count). The summed E-state index contributed by atoms with van der Waals surface area (Å²) in [7, 11) is 0. The van der Waals surface area contributed by atoms with Crippen LogP contribution in [0.2, 0.25) is 0 Å². The lowest BCUT2D eigenvalue weighted by atomic mass is 9.87. The van der Waals surface area contributed by atoms with Crippen LogP contribution in [0.5, 0.6) is 0 Å². The molecule has 2 aliphatic carbocycles. The van der Waals surface area contributed by atoms with Crippen LogP contribution in [0.1, 0.15) is 38.7 Å².